The van der Waals surface area contributed by atoms with E-state index >= 15 is 0 Å². The number of guanidine groups is 1. The Kier molecular flexibility index (Phi) is 3.14. The molecular formula is C15H11ClN6O2. The molecular weight excluding hydrogens is 332 g/mol. The molecule has 24 heavy (non-hydrogen) atoms. The van der Waals surface area contributed by atoms with Gasteiger partial charge in [-0.3, -0.25) is 20.0 Å². The van der Waals surface area contributed by atoms with Crippen LogP contribution in [-0.4, -0.2) is 20.4 Å². The molecule has 1 aliphatic heterocycles. The molecule has 4 rings (SSSR count). The van der Waals surface area contributed by atoms with Crippen LogP contribution >= 0.6 is 11.6 Å². The number of rotatable bonds is 2. The Bertz CT molecular complexity index is 1010. The maximum Gasteiger partial charge on any atom is 0.269 e. The molecule has 3 N–H and O–H groups in total. The van der Waals surface area contributed by atoms with E-state index in [-0.39, 0.29) is 11.6 Å². The van der Waals surface area contributed by atoms with E-state index in [2.05, 4.69) is 15.3 Å². The molecule has 0 saturated carbocycles. The summed E-state index contributed by atoms with van der Waals surface area (Å²) in [5, 5.41) is 14.4. The molecule has 1 aromatic heterocycles. The number of nitrogens with one attached hydrogen (secondary N) is 1. The number of anilines is 1. The summed E-state index contributed by atoms with van der Waals surface area (Å²) in [4.78, 5) is 19.5. The molecule has 0 amide bonds. The summed E-state index contributed by atoms with van der Waals surface area (Å²) in [5.74, 6) is 0.682. The van der Waals surface area contributed by atoms with Gasteiger partial charge in [-0.1, -0.05) is 23.7 Å². The summed E-state index contributed by atoms with van der Waals surface area (Å²) in [5.41, 5.74) is 7.86. The Labute approximate surface area is 140 Å². The number of aliphatic imine (C=N–C) groups is 1. The highest BCUT2D eigenvalue weighted by Crippen LogP contribution is 2.36. The van der Waals surface area contributed by atoms with Gasteiger partial charge in [-0.25, -0.2) is 9.98 Å². The van der Waals surface area contributed by atoms with Crippen molar-refractivity contribution >= 4 is 40.2 Å². The predicted molar refractivity (Wildman–Crippen MR) is 91.2 cm³/mol. The first-order valence-electron chi connectivity index (χ1n) is 7.05. The molecule has 0 saturated heterocycles. The molecule has 0 fully saturated rings. The zero-order chi connectivity index (χ0) is 16.8. The zero-order valence-corrected chi connectivity index (χ0v) is 12.9. The van der Waals surface area contributed by atoms with Crippen LogP contribution in [0.1, 0.15) is 11.7 Å². The van der Waals surface area contributed by atoms with Crippen molar-refractivity contribution in [2.45, 2.75) is 6.17 Å². The Morgan fingerprint density at radius 2 is 2.08 bits per heavy atom. The van der Waals surface area contributed by atoms with Crippen LogP contribution in [0, 0.1) is 10.1 Å². The van der Waals surface area contributed by atoms with E-state index in [1.54, 1.807) is 0 Å². The van der Waals surface area contributed by atoms with Gasteiger partial charge in [0.1, 0.15) is 0 Å². The van der Waals surface area contributed by atoms with Crippen LogP contribution in [0.4, 0.5) is 11.6 Å². The molecule has 1 atom stereocenters. The van der Waals surface area contributed by atoms with Gasteiger partial charge in [0.25, 0.3) is 5.69 Å². The van der Waals surface area contributed by atoms with E-state index in [0.717, 1.165) is 11.0 Å². The minimum Gasteiger partial charge on any atom is -0.370 e. The fourth-order valence-electron chi connectivity index (χ4n) is 2.77. The van der Waals surface area contributed by atoms with Gasteiger partial charge in [0, 0.05) is 22.7 Å². The average Bonchev–Trinajstić information content (AvgIpc) is 2.92. The van der Waals surface area contributed by atoms with Crippen LogP contribution in [0.2, 0.25) is 5.02 Å². The number of fused-ring (bicyclic) bond motifs is 3. The van der Waals surface area contributed by atoms with E-state index in [0.29, 0.717) is 16.5 Å². The van der Waals surface area contributed by atoms with E-state index in [4.69, 9.17) is 17.3 Å². The minimum atomic E-state index is -0.638. The number of nitro groups is 1. The largest absolute Gasteiger partial charge is 0.370 e. The van der Waals surface area contributed by atoms with E-state index in [1.807, 2.05) is 28.8 Å². The summed E-state index contributed by atoms with van der Waals surface area (Å²) in [6, 6.07) is 11.8. The number of para-hydroxylation sites is 2. The summed E-state index contributed by atoms with van der Waals surface area (Å²) in [6.45, 7) is 0. The van der Waals surface area contributed by atoms with Crippen molar-refractivity contribution in [2.75, 3.05) is 5.32 Å². The SMILES string of the molecule is NC1=NC(c2cc([N+](=O)[O-])ccc2Cl)n2c(nc3ccccc32)N1. The topological polar surface area (TPSA) is 111 Å². The number of non-ortho nitro benzene ring substituents is 1. The second-order valence-corrected chi connectivity index (χ2v) is 5.68. The van der Waals surface area contributed by atoms with Gasteiger partial charge in [-0.15, -0.1) is 0 Å². The number of halogens is 1. The van der Waals surface area contributed by atoms with Crippen LogP contribution in [0.3, 0.4) is 0 Å². The van der Waals surface area contributed by atoms with Gasteiger partial charge in [0.05, 0.1) is 16.0 Å². The third-order valence-corrected chi connectivity index (χ3v) is 4.15. The molecule has 0 bridgehead atoms. The van der Waals surface area contributed by atoms with Crippen LogP contribution < -0.4 is 11.1 Å². The second-order valence-electron chi connectivity index (χ2n) is 5.27. The van der Waals surface area contributed by atoms with Crippen LogP contribution in [0.25, 0.3) is 11.0 Å². The first kappa shape index (κ1) is 14.5. The van der Waals surface area contributed by atoms with E-state index in [1.165, 1.54) is 18.2 Å². The molecule has 2 aromatic carbocycles. The van der Waals surface area contributed by atoms with Crippen molar-refractivity contribution in [2.24, 2.45) is 10.7 Å². The van der Waals surface area contributed by atoms with E-state index < -0.39 is 11.1 Å². The molecule has 3 aromatic rings. The van der Waals surface area contributed by atoms with Crippen molar-refractivity contribution < 1.29 is 4.92 Å². The Morgan fingerprint density at radius 1 is 1.29 bits per heavy atom. The number of nitrogens with zero attached hydrogens (tertiary/aromatic N) is 4. The fraction of sp³-hybridized carbons (Fsp3) is 0.0667. The van der Waals surface area contributed by atoms with Crippen molar-refractivity contribution in [3.05, 3.63) is 63.2 Å². The Morgan fingerprint density at radius 3 is 2.88 bits per heavy atom. The molecule has 9 heteroatoms. The number of nitro benzene ring substituents is 1. The molecule has 0 spiro atoms. The number of imidazole rings is 1. The Hall–Kier alpha value is -3.13. The smallest absolute Gasteiger partial charge is 0.269 e. The number of aromatic nitrogens is 2. The first-order chi connectivity index (χ1) is 11.5. The highest BCUT2D eigenvalue weighted by atomic mass is 35.5. The van der Waals surface area contributed by atoms with Gasteiger partial charge in [-0.05, 0) is 18.2 Å². The Balaban J connectivity index is 1.97. The molecule has 0 radical (unpaired) electrons. The lowest BCUT2D eigenvalue weighted by atomic mass is 10.1. The summed E-state index contributed by atoms with van der Waals surface area (Å²) in [7, 11) is 0. The number of benzene rings is 2. The quantitative estimate of drug-likeness (QED) is 0.549. The first-order valence-corrected chi connectivity index (χ1v) is 7.43. The van der Waals surface area contributed by atoms with Crippen LogP contribution in [0.15, 0.2) is 47.5 Å². The van der Waals surface area contributed by atoms with Crippen molar-refractivity contribution in [1.82, 2.24) is 9.55 Å². The van der Waals surface area contributed by atoms with Crippen LogP contribution in [0.5, 0.6) is 0 Å². The van der Waals surface area contributed by atoms with Gasteiger partial charge in [0.15, 0.2) is 12.1 Å². The van der Waals surface area contributed by atoms with Gasteiger partial charge in [0.2, 0.25) is 5.95 Å². The summed E-state index contributed by atoms with van der Waals surface area (Å²) < 4.78 is 1.82. The summed E-state index contributed by atoms with van der Waals surface area (Å²) >= 11 is 6.28. The molecule has 8 nitrogen and oxygen atoms in total. The lowest BCUT2D eigenvalue weighted by Crippen LogP contribution is -2.31. The minimum absolute atomic E-state index is 0.0623. The zero-order valence-electron chi connectivity index (χ0n) is 12.2. The van der Waals surface area contributed by atoms with Crippen molar-refractivity contribution in [3.8, 4) is 0 Å². The lowest BCUT2D eigenvalue weighted by molar-refractivity contribution is -0.384. The van der Waals surface area contributed by atoms with Crippen LogP contribution in [-0.2, 0) is 0 Å². The van der Waals surface area contributed by atoms with Gasteiger partial charge >= 0.3 is 0 Å². The van der Waals surface area contributed by atoms with Crippen molar-refractivity contribution in [3.63, 3.8) is 0 Å². The number of hydrogen-bond acceptors (Lipinski definition) is 6. The van der Waals surface area contributed by atoms with E-state index in [9.17, 15) is 10.1 Å². The highest BCUT2D eigenvalue weighted by Gasteiger charge is 2.27. The third-order valence-electron chi connectivity index (χ3n) is 3.81. The monoisotopic (exact) mass is 342 g/mol. The second kappa shape index (κ2) is 5.20. The molecule has 1 unspecified atom stereocenters. The summed E-state index contributed by atoms with van der Waals surface area (Å²) in [6.07, 6.45) is -0.638. The number of nitrogens with two attached hydrogens (primary N) is 1. The van der Waals surface area contributed by atoms with Crippen molar-refractivity contribution in [1.29, 1.82) is 0 Å². The van der Waals surface area contributed by atoms with Gasteiger partial charge in [-0.2, -0.15) is 0 Å². The van der Waals surface area contributed by atoms with Gasteiger partial charge < -0.3 is 5.73 Å². The predicted octanol–water partition coefficient (Wildman–Crippen LogP) is 2.89. The molecule has 0 aliphatic carbocycles. The lowest BCUT2D eigenvalue weighted by Gasteiger charge is -2.24. The molecule has 1 aliphatic rings. The average molecular weight is 343 g/mol. The maximum absolute atomic E-state index is 11.1. The normalized spacial score (nSPS) is 16.4. The standard InChI is InChI=1S/C15H11ClN6O2/c16-10-6-5-8(22(23)24)7-9(10)13-19-14(17)20-15-18-11-3-1-2-4-12(11)21(13)15/h1-7,13H,(H3,17,18,19,20). The molecule has 2 heterocycles. The molecule has 120 valence electrons. The number of hydrogen-bond donors (Lipinski definition) is 2. The maximum atomic E-state index is 11.1. The third kappa shape index (κ3) is 2.16. The highest BCUT2D eigenvalue weighted by molar-refractivity contribution is 6.31. The fourth-order valence-corrected chi connectivity index (χ4v) is 2.98.